The van der Waals surface area contributed by atoms with Gasteiger partial charge in [0.15, 0.2) is 6.29 Å². The molecule has 0 saturated carbocycles. The van der Waals surface area contributed by atoms with Crippen LogP contribution in [0.1, 0.15) is 32.3 Å². The summed E-state index contributed by atoms with van der Waals surface area (Å²) in [5.74, 6) is 0. The summed E-state index contributed by atoms with van der Waals surface area (Å²) < 4.78 is 22.6. The molecule has 1 aromatic carbocycles. The Morgan fingerprint density at radius 3 is 2.35 bits per heavy atom. The van der Waals surface area contributed by atoms with Gasteiger partial charge in [-0.25, -0.2) is 0 Å². The summed E-state index contributed by atoms with van der Waals surface area (Å²) in [7, 11) is 0. The first-order chi connectivity index (χ1) is 11.3. The van der Waals surface area contributed by atoms with E-state index in [4.69, 9.17) is 18.9 Å². The lowest BCUT2D eigenvalue weighted by atomic mass is 10.2. The van der Waals surface area contributed by atoms with Crippen LogP contribution in [0.4, 0.5) is 0 Å². The molecule has 23 heavy (non-hydrogen) atoms. The highest BCUT2D eigenvalue weighted by atomic mass is 16.7. The summed E-state index contributed by atoms with van der Waals surface area (Å²) in [5.41, 5.74) is 1.18. The van der Waals surface area contributed by atoms with Crippen LogP contribution in [0.5, 0.6) is 0 Å². The third-order valence-corrected chi connectivity index (χ3v) is 3.30. The quantitative estimate of drug-likeness (QED) is 0.295. The van der Waals surface area contributed by atoms with E-state index in [2.05, 4.69) is 18.7 Å². The van der Waals surface area contributed by atoms with E-state index in [-0.39, 0.29) is 12.4 Å². The Hall–Kier alpha value is -1.20. The molecule has 0 aliphatic carbocycles. The van der Waals surface area contributed by atoms with Gasteiger partial charge in [-0.15, -0.1) is 6.58 Å². The zero-order valence-electron chi connectivity index (χ0n) is 14.4. The number of hydrogen-bond donors (Lipinski definition) is 0. The molecule has 1 rings (SSSR count). The van der Waals surface area contributed by atoms with E-state index in [1.807, 2.05) is 38.1 Å². The monoisotopic (exact) mass is 322 g/mol. The summed E-state index contributed by atoms with van der Waals surface area (Å²) in [4.78, 5) is 0. The molecule has 1 atom stereocenters. The van der Waals surface area contributed by atoms with Crippen LogP contribution in [-0.4, -0.2) is 38.8 Å². The Labute approximate surface area is 140 Å². The van der Waals surface area contributed by atoms with Crippen molar-refractivity contribution in [2.45, 2.75) is 45.7 Å². The van der Waals surface area contributed by atoms with Crippen LogP contribution in [-0.2, 0) is 25.6 Å². The third-order valence-electron chi connectivity index (χ3n) is 3.30. The Kier molecular flexibility index (Phi) is 11.4. The first-order valence-electron chi connectivity index (χ1n) is 8.37. The fourth-order valence-electron chi connectivity index (χ4n) is 2.16. The van der Waals surface area contributed by atoms with E-state index in [1.54, 1.807) is 0 Å². The molecule has 0 saturated heterocycles. The van der Waals surface area contributed by atoms with Crippen LogP contribution in [0.15, 0.2) is 43.0 Å². The lowest BCUT2D eigenvalue weighted by Crippen LogP contribution is -2.27. The van der Waals surface area contributed by atoms with Crippen molar-refractivity contribution < 1.29 is 18.9 Å². The van der Waals surface area contributed by atoms with Gasteiger partial charge in [0.05, 0.1) is 19.3 Å². The van der Waals surface area contributed by atoms with Crippen molar-refractivity contribution in [2.75, 3.05) is 26.4 Å². The molecule has 1 unspecified atom stereocenters. The van der Waals surface area contributed by atoms with Gasteiger partial charge in [-0.05, 0) is 32.3 Å². The molecule has 0 N–H and O–H groups in total. The third kappa shape index (κ3) is 9.51. The lowest BCUT2D eigenvalue weighted by Gasteiger charge is -2.21. The zero-order valence-corrected chi connectivity index (χ0v) is 14.4. The minimum Gasteiger partial charge on any atom is -0.377 e. The van der Waals surface area contributed by atoms with Crippen LogP contribution >= 0.6 is 0 Å². The van der Waals surface area contributed by atoms with Gasteiger partial charge in [0.25, 0.3) is 0 Å². The van der Waals surface area contributed by atoms with Gasteiger partial charge >= 0.3 is 0 Å². The first kappa shape index (κ1) is 19.8. The fraction of sp³-hybridized carbons (Fsp3) is 0.579. The van der Waals surface area contributed by atoms with E-state index in [0.29, 0.717) is 33.0 Å². The van der Waals surface area contributed by atoms with Gasteiger partial charge in [-0.3, -0.25) is 0 Å². The zero-order chi connectivity index (χ0) is 16.8. The molecule has 130 valence electrons. The smallest absolute Gasteiger partial charge is 0.180 e. The predicted molar refractivity (Wildman–Crippen MR) is 92.3 cm³/mol. The second-order valence-corrected chi connectivity index (χ2v) is 5.15. The molecule has 0 fully saturated rings. The first-order valence-corrected chi connectivity index (χ1v) is 8.37. The van der Waals surface area contributed by atoms with Gasteiger partial charge < -0.3 is 18.9 Å². The van der Waals surface area contributed by atoms with E-state index in [9.17, 15) is 0 Å². The molecule has 0 aliphatic rings. The van der Waals surface area contributed by atoms with Crippen molar-refractivity contribution in [3.05, 3.63) is 48.6 Å². The highest BCUT2D eigenvalue weighted by Gasteiger charge is 2.13. The van der Waals surface area contributed by atoms with Crippen molar-refractivity contribution in [3.8, 4) is 0 Å². The highest BCUT2D eigenvalue weighted by molar-refractivity contribution is 5.13. The molecular formula is C19H30O4. The molecule has 0 heterocycles. The number of benzene rings is 1. The maximum atomic E-state index is 5.90. The molecule has 0 bridgehead atoms. The Bertz CT molecular complexity index is 388. The highest BCUT2D eigenvalue weighted by Crippen LogP contribution is 2.09. The maximum Gasteiger partial charge on any atom is 0.180 e. The van der Waals surface area contributed by atoms with Crippen LogP contribution < -0.4 is 0 Å². The number of rotatable bonds is 14. The minimum atomic E-state index is -0.303. The van der Waals surface area contributed by atoms with Crippen molar-refractivity contribution in [1.82, 2.24) is 0 Å². The lowest BCUT2D eigenvalue weighted by molar-refractivity contribution is -0.177. The summed E-state index contributed by atoms with van der Waals surface area (Å²) in [6.07, 6.45) is 3.26. The largest absolute Gasteiger partial charge is 0.377 e. The second-order valence-electron chi connectivity index (χ2n) is 5.15. The fourth-order valence-corrected chi connectivity index (χ4v) is 2.16. The number of hydrogen-bond acceptors (Lipinski definition) is 4. The predicted octanol–water partition coefficient (Wildman–Crippen LogP) is 3.95. The van der Waals surface area contributed by atoms with E-state index in [0.717, 1.165) is 12.8 Å². The molecule has 0 spiro atoms. The molecule has 4 nitrogen and oxygen atoms in total. The summed E-state index contributed by atoms with van der Waals surface area (Å²) in [6, 6.07) is 10.2. The van der Waals surface area contributed by atoms with Crippen molar-refractivity contribution >= 4 is 0 Å². The molecule has 0 aliphatic heterocycles. The summed E-state index contributed by atoms with van der Waals surface area (Å²) in [5, 5.41) is 0. The Morgan fingerprint density at radius 1 is 1.04 bits per heavy atom. The van der Waals surface area contributed by atoms with Gasteiger partial charge in [0, 0.05) is 19.8 Å². The minimum absolute atomic E-state index is 0.0756. The molecule has 0 amide bonds. The van der Waals surface area contributed by atoms with E-state index in [1.165, 1.54) is 5.56 Å². The van der Waals surface area contributed by atoms with Crippen molar-refractivity contribution in [3.63, 3.8) is 0 Å². The van der Waals surface area contributed by atoms with Crippen LogP contribution in [0, 0.1) is 0 Å². The standard InChI is InChI=1S/C19H30O4/c1-4-10-18(23-16-19(21-5-2)22-6-3)13-14-20-15-17-11-8-7-9-12-17/h4,7-9,11-12,18-19H,1,5-6,10,13-16H2,2-3H3. The van der Waals surface area contributed by atoms with Crippen LogP contribution in [0.2, 0.25) is 0 Å². The average molecular weight is 322 g/mol. The van der Waals surface area contributed by atoms with E-state index < -0.39 is 0 Å². The average Bonchev–Trinajstić information content (AvgIpc) is 2.57. The summed E-state index contributed by atoms with van der Waals surface area (Å²) >= 11 is 0. The SMILES string of the molecule is C=CCC(CCOCc1ccccc1)OCC(OCC)OCC. The number of ether oxygens (including phenoxy) is 4. The normalized spacial score (nSPS) is 12.5. The van der Waals surface area contributed by atoms with Crippen LogP contribution in [0.25, 0.3) is 0 Å². The van der Waals surface area contributed by atoms with Gasteiger partial charge in [0.2, 0.25) is 0 Å². The van der Waals surface area contributed by atoms with E-state index >= 15 is 0 Å². The molecule has 0 radical (unpaired) electrons. The molecular weight excluding hydrogens is 292 g/mol. The van der Waals surface area contributed by atoms with Gasteiger partial charge in [-0.2, -0.15) is 0 Å². The van der Waals surface area contributed by atoms with Crippen molar-refractivity contribution in [2.24, 2.45) is 0 Å². The summed E-state index contributed by atoms with van der Waals surface area (Å²) in [6.45, 7) is 10.6. The topological polar surface area (TPSA) is 36.9 Å². The second kappa shape index (κ2) is 13.3. The Morgan fingerprint density at radius 2 is 1.74 bits per heavy atom. The van der Waals surface area contributed by atoms with Crippen LogP contribution in [0.3, 0.4) is 0 Å². The maximum absolute atomic E-state index is 5.90. The molecule has 0 aromatic heterocycles. The Balaban J connectivity index is 2.26. The molecule has 4 heteroatoms. The molecule has 1 aromatic rings. The van der Waals surface area contributed by atoms with Gasteiger partial charge in [-0.1, -0.05) is 36.4 Å². The van der Waals surface area contributed by atoms with Crippen molar-refractivity contribution in [1.29, 1.82) is 0 Å². The van der Waals surface area contributed by atoms with Gasteiger partial charge in [0.1, 0.15) is 0 Å².